The van der Waals surface area contributed by atoms with Crippen molar-refractivity contribution in [3.8, 4) is 23.1 Å². The summed E-state index contributed by atoms with van der Waals surface area (Å²) in [5, 5.41) is 27.5. The second-order valence-corrected chi connectivity index (χ2v) is 6.66. The molecule has 0 unspecified atom stereocenters. The average molecular weight is 427 g/mol. The van der Waals surface area contributed by atoms with Gasteiger partial charge in [0.05, 0.1) is 6.54 Å². The van der Waals surface area contributed by atoms with E-state index in [1.54, 1.807) is 51.9 Å². The molecule has 0 aliphatic rings. The van der Waals surface area contributed by atoms with Crippen LogP contribution in [-0.4, -0.2) is 58.8 Å². The first-order valence-electron chi connectivity index (χ1n) is 9.80. The largest absolute Gasteiger partial charge is 0.475 e. The Hall–Kier alpha value is -4.67. The molecule has 1 amide bonds. The van der Waals surface area contributed by atoms with Crippen LogP contribution in [0.1, 0.15) is 10.5 Å². The smallest absolute Gasteiger partial charge is 0.271 e. The third-order valence-electron chi connectivity index (χ3n) is 4.53. The predicted octanol–water partition coefficient (Wildman–Crippen LogP) is 1.58. The van der Waals surface area contributed by atoms with Crippen LogP contribution >= 0.6 is 0 Å². The minimum Gasteiger partial charge on any atom is -0.475 e. The summed E-state index contributed by atoms with van der Waals surface area (Å²) in [4.78, 5) is 12.3. The first-order chi connectivity index (χ1) is 15.8. The molecule has 0 saturated carbocycles. The third kappa shape index (κ3) is 3.99. The van der Waals surface area contributed by atoms with E-state index in [9.17, 15) is 4.79 Å². The molecule has 1 aromatic carbocycles. The number of benzene rings is 1. The highest BCUT2D eigenvalue weighted by Gasteiger charge is 2.11. The molecule has 5 rings (SSSR count). The van der Waals surface area contributed by atoms with Crippen molar-refractivity contribution in [1.82, 2.24) is 45.1 Å². The molecule has 0 bridgehead atoms. The Morgan fingerprint density at radius 1 is 0.938 bits per heavy atom. The maximum Gasteiger partial charge on any atom is 0.271 e. The van der Waals surface area contributed by atoms with Crippen molar-refractivity contribution in [3.63, 3.8) is 0 Å². The van der Waals surface area contributed by atoms with Gasteiger partial charge in [0.2, 0.25) is 5.88 Å². The highest BCUT2D eigenvalue weighted by molar-refractivity contribution is 5.92. The van der Waals surface area contributed by atoms with Crippen molar-refractivity contribution >= 4 is 11.6 Å². The molecular weight excluding hydrogens is 410 g/mol. The van der Waals surface area contributed by atoms with Gasteiger partial charge in [-0.3, -0.25) is 4.79 Å². The molecular formula is C21H17N9O2. The Balaban J connectivity index is 1.18. The number of carbonyl (C=O) groups excluding carboxylic acids is 1. The number of nitrogens with zero attached hydrogens (tertiary/aromatic N) is 8. The van der Waals surface area contributed by atoms with Gasteiger partial charge in [-0.1, -0.05) is 30.3 Å². The molecule has 11 nitrogen and oxygen atoms in total. The quantitative estimate of drug-likeness (QED) is 0.388. The summed E-state index contributed by atoms with van der Waals surface area (Å²) in [6.07, 6.45) is 3.38. The first kappa shape index (κ1) is 19.3. The van der Waals surface area contributed by atoms with Crippen molar-refractivity contribution in [3.05, 3.63) is 78.8 Å². The Bertz CT molecular complexity index is 1330. The van der Waals surface area contributed by atoms with E-state index >= 15 is 0 Å². The van der Waals surface area contributed by atoms with Crippen molar-refractivity contribution < 1.29 is 9.53 Å². The van der Waals surface area contributed by atoms with Crippen LogP contribution in [0.5, 0.6) is 5.88 Å². The normalized spacial score (nSPS) is 10.9. The minimum atomic E-state index is -0.346. The first-order valence-corrected chi connectivity index (χ1v) is 9.80. The van der Waals surface area contributed by atoms with Crippen molar-refractivity contribution in [2.45, 2.75) is 0 Å². The minimum absolute atomic E-state index is 0.206. The maximum absolute atomic E-state index is 12.3. The summed E-state index contributed by atoms with van der Waals surface area (Å²) in [5.74, 6) is 1.20. The van der Waals surface area contributed by atoms with Crippen molar-refractivity contribution in [2.24, 2.45) is 0 Å². The van der Waals surface area contributed by atoms with E-state index in [0.717, 1.165) is 5.56 Å². The van der Waals surface area contributed by atoms with Gasteiger partial charge in [-0.05, 0) is 24.3 Å². The van der Waals surface area contributed by atoms with Crippen molar-refractivity contribution in [1.29, 1.82) is 0 Å². The molecule has 5 aromatic rings. The van der Waals surface area contributed by atoms with Crippen LogP contribution in [0.25, 0.3) is 22.9 Å². The van der Waals surface area contributed by atoms with Gasteiger partial charge in [0, 0.05) is 24.0 Å². The SMILES string of the molecule is O=C(NCCOc1ccc2nnc(-c3ccccc3)n2n1)c1ccc(-n2cccn2)nn1. The van der Waals surface area contributed by atoms with Crippen LogP contribution in [0.4, 0.5) is 0 Å². The van der Waals surface area contributed by atoms with Gasteiger partial charge in [0.1, 0.15) is 6.61 Å². The molecule has 0 spiro atoms. The van der Waals surface area contributed by atoms with Crippen LogP contribution in [0.2, 0.25) is 0 Å². The molecule has 32 heavy (non-hydrogen) atoms. The Morgan fingerprint density at radius 2 is 1.84 bits per heavy atom. The fourth-order valence-electron chi connectivity index (χ4n) is 3.00. The zero-order chi connectivity index (χ0) is 21.8. The fraction of sp³-hybridized carbons (Fsp3) is 0.0952. The summed E-state index contributed by atoms with van der Waals surface area (Å²) < 4.78 is 8.86. The number of nitrogens with one attached hydrogen (secondary N) is 1. The number of rotatable bonds is 7. The number of hydrogen-bond donors (Lipinski definition) is 1. The zero-order valence-corrected chi connectivity index (χ0v) is 16.7. The van der Waals surface area contributed by atoms with E-state index in [2.05, 4.69) is 35.9 Å². The molecule has 0 radical (unpaired) electrons. The van der Waals surface area contributed by atoms with E-state index in [-0.39, 0.29) is 24.8 Å². The van der Waals surface area contributed by atoms with Crippen LogP contribution in [0.15, 0.2) is 73.1 Å². The lowest BCUT2D eigenvalue weighted by Crippen LogP contribution is -2.29. The van der Waals surface area contributed by atoms with E-state index in [1.165, 1.54) is 0 Å². The lowest BCUT2D eigenvalue weighted by molar-refractivity contribution is 0.0940. The van der Waals surface area contributed by atoms with Crippen LogP contribution in [0.3, 0.4) is 0 Å². The number of carbonyl (C=O) groups is 1. The predicted molar refractivity (Wildman–Crippen MR) is 113 cm³/mol. The van der Waals surface area contributed by atoms with Gasteiger partial charge in [0.15, 0.2) is 23.0 Å². The Kier molecular flexibility index (Phi) is 5.19. The molecule has 158 valence electrons. The average Bonchev–Trinajstić information content (AvgIpc) is 3.52. The Morgan fingerprint density at radius 3 is 2.62 bits per heavy atom. The number of amides is 1. The third-order valence-corrected chi connectivity index (χ3v) is 4.53. The molecule has 0 aliphatic carbocycles. The van der Waals surface area contributed by atoms with Gasteiger partial charge in [0.25, 0.3) is 5.91 Å². The maximum atomic E-state index is 12.3. The van der Waals surface area contributed by atoms with Gasteiger partial charge in [-0.2, -0.15) is 9.61 Å². The second kappa shape index (κ2) is 8.60. The summed E-state index contributed by atoms with van der Waals surface area (Å²) in [5.41, 5.74) is 1.72. The van der Waals surface area contributed by atoms with Crippen LogP contribution in [-0.2, 0) is 0 Å². The van der Waals surface area contributed by atoms with E-state index in [4.69, 9.17) is 4.74 Å². The standard InChI is InChI=1S/C21H17N9O2/c31-21(16-7-8-17(25-24-16)29-13-4-11-23-29)22-12-14-32-19-10-9-18-26-27-20(30(18)28-19)15-5-2-1-3-6-15/h1-11,13H,12,14H2,(H,22,31). The van der Waals surface area contributed by atoms with Gasteiger partial charge in [-0.15, -0.1) is 25.5 Å². The number of aromatic nitrogens is 8. The number of fused-ring (bicyclic) bond motifs is 1. The number of hydrogen-bond acceptors (Lipinski definition) is 8. The lowest BCUT2D eigenvalue weighted by Gasteiger charge is -2.07. The summed E-state index contributed by atoms with van der Waals surface area (Å²) in [6, 6.07) is 18.2. The zero-order valence-electron chi connectivity index (χ0n) is 16.7. The van der Waals surface area contributed by atoms with E-state index in [1.807, 2.05) is 30.3 Å². The topological polar surface area (TPSA) is 125 Å². The summed E-state index contributed by atoms with van der Waals surface area (Å²) in [7, 11) is 0. The second-order valence-electron chi connectivity index (χ2n) is 6.66. The summed E-state index contributed by atoms with van der Waals surface area (Å²) >= 11 is 0. The van der Waals surface area contributed by atoms with Gasteiger partial charge < -0.3 is 10.1 Å². The highest BCUT2D eigenvalue weighted by atomic mass is 16.5. The fourth-order valence-corrected chi connectivity index (χ4v) is 3.00. The van der Waals surface area contributed by atoms with Crippen LogP contribution in [0, 0.1) is 0 Å². The molecule has 4 heterocycles. The molecule has 0 fully saturated rings. The van der Waals surface area contributed by atoms with E-state index in [0.29, 0.717) is 23.2 Å². The number of ether oxygens (including phenoxy) is 1. The summed E-state index contributed by atoms with van der Waals surface area (Å²) in [6.45, 7) is 0.501. The monoisotopic (exact) mass is 427 g/mol. The highest BCUT2D eigenvalue weighted by Crippen LogP contribution is 2.18. The van der Waals surface area contributed by atoms with E-state index < -0.39 is 0 Å². The van der Waals surface area contributed by atoms with Gasteiger partial charge >= 0.3 is 0 Å². The molecule has 11 heteroatoms. The molecule has 0 aliphatic heterocycles. The van der Waals surface area contributed by atoms with Crippen LogP contribution < -0.4 is 10.1 Å². The Labute approximate surface area is 181 Å². The molecule has 1 N–H and O–H groups in total. The molecule has 0 saturated heterocycles. The lowest BCUT2D eigenvalue weighted by atomic mass is 10.2. The van der Waals surface area contributed by atoms with Gasteiger partial charge in [-0.25, -0.2) is 4.68 Å². The molecule has 0 atom stereocenters. The molecule has 4 aromatic heterocycles. The van der Waals surface area contributed by atoms with Crippen molar-refractivity contribution in [2.75, 3.05) is 13.2 Å².